The number of rotatable bonds is 7. The van der Waals surface area contributed by atoms with Gasteiger partial charge in [-0.25, -0.2) is 12.7 Å². The average Bonchev–Trinajstić information content (AvgIpc) is 2.36. The molecule has 5 heteroatoms. The number of nitrogens with zero attached hydrogens (tertiary/aromatic N) is 2. The molecule has 0 aliphatic carbocycles. The van der Waals surface area contributed by atoms with Gasteiger partial charge >= 0.3 is 0 Å². The second-order valence-corrected chi connectivity index (χ2v) is 6.55. The van der Waals surface area contributed by atoms with Crippen molar-refractivity contribution in [3.8, 4) is 0 Å². The van der Waals surface area contributed by atoms with E-state index in [4.69, 9.17) is 0 Å². The zero-order chi connectivity index (χ0) is 12.7. The third kappa shape index (κ3) is 4.94. The van der Waals surface area contributed by atoms with Crippen molar-refractivity contribution in [1.82, 2.24) is 9.21 Å². The fourth-order valence-corrected chi connectivity index (χ4v) is 3.66. The van der Waals surface area contributed by atoms with Gasteiger partial charge in [-0.3, -0.25) is 0 Å². The lowest BCUT2D eigenvalue weighted by molar-refractivity contribution is 0.303. The summed E-state index contributed by atoms with van der Waals surface area (Å²) in [7, 11) is -3.01. The SMILES string of the molecule is CCN(CC)CCCS(=O)(=O)N1CC[CH]CC1. The molecule has 0 unspecified atom stereocenters. The van der Waals surface area contributed by atoms with Gasteiger partial charge in [0.1, 0.15) is 0 Å². The van der Waals surface area contributed by atoms with E-state index in [-0.39, 0.29) is 0 Å². The molecule has 4 nitrogen and oxygen atoms in total. The van der Waals surface area contributed by atoms with Crippen LogP contribution in [0.2, 0.25) is 0 Å². The fraction of sp³-hybridized carbons (Fsp3) is 0.917. The van der Waals surface area contributed by atoms with Crippen LogP contribution >= 0.6 is 0 Å². The molecule has 1 radical (unpaired) electrons. The minimum atomic E-state index is -3.01. The summed E-state index contributed by atoms with van der Waals surface area (Å²) in [6.45, 7) is 8.44. The van der Waals surface area contributed by atoms with Gasteiger partial charge < -0.3 is 4.90 Å². The Labute approximate surface area is 106 Å². The van der Waals surface area contributed by atoms with E-state index in [1.165, 1.54) is 0 Å². The van der Waals surface area contributed by atoms with Gasteiger partial charge in [-0.2, -0.15) is 0 Å². The van der Waals surface area contributed by atoms with Crippen LogP contribution in [0.25, 0.3) is 0 Å². The zero-order valence-corrected chi connectivity index (χ0v) is 11.9. The molecule has 17 heavy (non-hydrogen) atoms. The molecule has 0 aromatic heterocycles. The van der Waals surface area contributed by atoms with Gasteiger partial charge in [0.25, 0.3) is 0 Å². The van der Waals surface area contributed by atoms with Crippen LogP contribution in [0.3, 0.4) is 0 Å². The van der Waals surface area contributed by atoms with E-state index in [1.807, 2.05) is 0 Å². The van der Waals surface area contributed by atoms with Crippen LogP contribution in [-0.2, 0) is 10.0 Å². The van der Waals surface area contributed by atoms with Gasteiger partial charge in [0, 0.05) is 13.1 Å². The van der Waals surface area contributed by atoms with Gasteiger partial charge in [0.05, 0.1) is 5.75 Å². The molecule has 101 valence electrons. The molecule has 0 bridgehead atoms. The molecule has 1 aliphatic rings. The molecule has 1 heterocycles. The first-order valence-corrected chi connectivity index (χ1v) is 8.23. The van der Waals surface area contributed by atoms with Crippen LogP contribution in [-0.4, -0.2) is 56.1 Å². The Morgan fingerprint density at radius 3 is 2.29 bits per heavy atom. The summed E-state index contributed by atoms with van der Waals surface area (Å²) in [5, 5.41) is 0. The van der Waals surface area contributed by atoms with Crippen LogP contribution in [0.15, 0.2) is 0 Å². The second kappa shape index (κ2) is 7.34. The van der Waals surface area contributed by atoms with Crippen molar-refractivity contribution in [3.63, 3.8) is 0 Å². The van der Waals surface area contributed by atoms with E-state index in [0.717, 1.165) is 38.9 Å². The van der Waals surface area contributed by atoms with Gasteiger partial charge in [-0.15, -0.1) is 0 Å². The molecule has 0 amide bonds. The van der Waals surface area contributed by atoms with Crippen LogP contribution in [0, 0.1) is 6.42 Å². The lowest BCUT2D eigenvalue weighted by Gasteiger charge is -2.26. The quantitative estimate of drug-likeness (QED) is 0.694. The summed E-state index contributed by atoms with van der Waals surface area (Å²) in [4.78, 5) is 2.26. The smallest absolute Gasteiger partial charge is 0.214 e. The Kier molecular flexibility index (Phi) is 6.44. The summed E-state index contributed by atoms with van der Waals surface area (Å²) in [6.07, 6.45) is 4.71. The number of hydrogen-bond acceptors (Lipinski definition) is 3. The summed E-state index contributed by atoms with van der Waals surface area (Å²) < 4.78 is 25.7. The van der Waals surface area contributed by atoms with Crippen molar-refractivity contribution in [2.45, 2.75) is 33.1 Å². The molecule has 0 aromatic rings. The normalized spacial score (nSPS) is 18.8. The molecule has 1 aliphatic heterocycles. The lowest BCUT2D eigenvalue weighted by Crippen LogP contribution is -2.38. The third-order valence-corrected chi connectivity index (χ3v) is 5.29. The number of hydrogen-bond donors (Lipinski definition) is 0. The molecule has 0 N–H and O–H groups in total. The Bertz CT molecular complexity index is 294. The summed E-state index contributed by atoms with van der Waals surface area (Å²) in [5.74, 6) is 0.295. The third-order valence-electron chi connectivity index (χ3n) is 3.33. The average molecular weight is 261 g/mol. The van der Waals surface area contributed by atoms with Gasteiger partial charge in [0.15, 0.2) is 0 Å². The van der Waals surface area contributed by atoms with Crippen molar-refractivity contribution < 1.29 is 8.42 Å². The lowest BCUT2D eigenvalue weighted by atomic mass is 10.2. The second-order valence-electron chi connectivity index (χ2n) is 4.46. The van der Waals surface area contributed by atoms with Gasteiger partial charge in [-0.05, 0) is 45.3 Å². The minimum Gasteiger partial charge on any atom is -0.304 e. The predicted octanol–water partition coefficient (Wildman–Crippen LogP) is 1.35. The van der Waals surface area contributed by atoms with Crippen LogP contribution in [0.4, 0.5) is 0 Å². The maximum absolute atomic E-state index is 12.0. The summed E-state index contributed by atoms with van der Waals surface area (Å²) >= 11 is 0. The maximum Gasteiger partial charge on any atom is 0.214 e. The van der Waals surface area contributed by atoms with Gasteiger partial charge in [0.2, 0.25) is 10.0 Å². The Morgan fingerprint density at radius 1 is 1.18 bits per heavy atom. The van der Waals surface area contributed by atoms with Crippen LogP contribution < -0.4 is 0 Å². The number of sulfonamides is 1. The maximum atomic E-state index is 12.0. The molecule has 1 rings (SSSR count). The monoisotopic (exact) mass is 261 g/mol. The molecule has 0 saturated carbocycles. The van der Waals surface area contributed by atoms with Crippen molar-refractivity contribution in [2.24, 2.45) is 0 Å². The topological polar surface area (TPSA) is 40.6 Å². The van der Waals surface area contributed by atoms with Crippen LogP contribution in [0.5, 0.6) is 0 Å². The molecule has 1 fully saturated rings. The first-order valence-electron chi connectivity index (χ1n) is 6.62. The van der Waals surface area contributed by atoms with Crippen molar-refractivity contribution in [2.75, 3.05) is 38.5 Å². The molecular weight excluding hydrogens is 236 g/mol. The molecular formula is C12H25N2O2S. The zero-order valence-electron chi connectivity index (χ0n) is 11.1. The van der Waals surface area contributed by atoms with E-state index in [2.05, 4.69) is 25.2 Å². The van der Waals surface area contributed by atoms with Crippen molar-refractivity contribution in [1.29, 1.82) is 0 Å². The van der Waals surface area contributed by atoms with Crippen molar-refractivity contribution in [3.05, 3.63) is 6.42 Å². The van der Waals surface area contributed by atoms with Gasteiger partial charge in [-0.1, -0.05) is 13.8 Å². The standard InChI is InChI=1S/C12H25N2O2S/c1-3-13(4-2)9-8-12-17(15,16)14-10-6-5-7-11-14/h5H,3-4,6-12H2,1-2H3. The largest absolute Gasteiger partial charge is 0.304 e. The summed E-state index contributed by atoms with van der Waals surface area (Å²) in [6, 6.07) is 0. The molecule has 1 saturated heterocycles. The fourth-order valence-electron chi connectivity index (χ4n) is 2.14. The predicted molar refractivity (Wildman–Crippen MR) is 71.3 cm³/mol. The molecule has 0 aromatic carbocycles. The highest BCUT2D eigenvalue weighted by Gasteiger charge is 2.23. The van der Waals surface area contributed by atoms with E-state index in [1.54, 1.807) is 4.31 Å². The highest BCUT2D eigenvalue weighted by Crippen LogP contribution is 2.13. The first-order chi connectivity index (χ1) is 8.10. The van der Waals surface area contributed by atoms with Crippen molar-refractivity contribution >= 4 is 10.0 Å². The van der Waals surface area contributed by atoms with E-state index in [0.29, 0.717) is 18.8 Å². The first kappa shape index (κ1) is 14.9. The Balaban J connectivity index is 2.33. The van der Waals surface area contributed by atoms with E-state index < -0.39 is 10.0 Å². The Hall–Kier alpha value is -0.130. The molecule has 0 atom stereocenters. The van der Waals surface area contributed by atoms with E-state index >= 15 is 0 Å². The van der Waals surface area contributed by atoms with E-state index in [9.17, 15) is 8.42 Å². The van der Waals surface area contributed by atoms with Crippen LogP contribution in [0.1, 0.15) is 33.1 Å². The highest BCUT2D eigenvalue weighted by atomic mass is 32.2. The molecule has 0 spiro atoms. The minimum absolute atomic E-state index is 0.295. The highest BCUT2D eigenvalue weighted by molar-refractivity contribution is 7.89. The summed E-state index contributed by atoms with van der Waals surface area (Å²) in [5.41, 5.74) is 0. The Morgan fingerprint density at radius 2 is 1.76 bits per heavy atom. The number of piperidine rings is 1.